The van der Waals surface area contributed by atoms with Crippen LogP contribution in [0.3, 0.4) is 0 Å². The van der Waals surface area contributed by atoms with Gasteiger partial charge in [0.2, 0.25) is 0 Å². The van der Waals surface area contributed by atoms with Gasteiger partial charge in [0, 0.05) is 24.1 Å². The molecule has 0 aromatic carbocycles. The number of hydrazine groups is 1. The normalized spacial score (nSPS) is 11.3. The summed E-state index contributed by atoms with van der Waals surface area (Å²) in [5.41, 5.74) is 3.55. The minimum Gasteiger partial charge on any atom is -0.313 e. The lowest BCUT2D eigenvalue weighted by atomic mass is 10.1. The topological polar surface area (TPSA) is 67.1 Å². The fraction of sp³-hybridized carbons (Fsp3) is 0.778. The minimum absolute atomic E-state index is 0.595. The molecule has 1 heterocycles. The highest BCUT2D eigenvalue weighted by molar-refractivity contribution is 7.10. The molecule has 0 aliphatic rings. The van der Waals surface area contributed by atoms with Crippen LogP contribution in [-0.2, 0) is 6.54 Å². The van der Waals surface area contributed by atoms with Crippen LogP contribution in [0.2, 0.25) is 0 Å². The van der Waals surface area contributed by atoms with Crippen molar-refractivity contribution in [1.29, 1.82) is 0 Å². The second-order valence-electron chi connectivity index (χ2n) is 3.58. The van der Waals surface area contributed by atoms with Crippen molar-refractivity contribution >= 4 is 16.5 Å². The summed E-state index contributed by atoms with van der Waals surface area (Å²) in [6.07, 6.45) is 2.30. The van der Waals surface area contributed by atoms with E-state index >= 15 is 0 Å². The third-order valence-electron chi connectivity index (χ3n) is 2.65. The third-order valence-corrected chi connectivity index (χ3v) is 3.35. The van der Waals surface area contributed by atoms with Crippen molar-refractivity contribution in [3.63, 3.8) is 0 Å². The molecule has 1 aromatic heterocycles. The largest absolute Gasteiger partial charge is 0.313 e. The SMILES string of the molecule is CCC(CC)N(C)Cc1nnsc1NN. The van der Waals surface area contributed by atoms with Crippen LogP contribution in [0.25, 0.3) is 0 Å². The molecule has 1 rings (SSSR count). The number of nitrogens with two attached hydrogens (primary N) is 1. The monoisotopic (exact) mass is 229 g/mol. The quantitative estimate of drug-likeness (QED) is 0.571. The van der Waals surface area contributed by atoms with E-state index in [-0.39, 0.29) is 0 Å². The van der Waals surface area contributed by atoms with E-state index in [1.165, 1.54) is 11.5 Å². The molecule has 0 bridgehead atoms. The van der Waals surface area contributed by atoms with Crippen LogP contribution >= 0.6 is 11.5 Å². The molecule has 6 heteroatoms. The average molecular weight is 229 g/mol. The first-order valence-electron chi connectivity index (χ1n) is 5.20. The molecule has 0 saturated carbocycles. The molecule has 0 aliphatic heterocycles. The van der Waals surface area contributed by atoms with Gasteiger partial charge in [-0.25, -0.2) is 5.84 Å². The third kappa shape index (κ3) is 3.12. The first kappa shape index (κ1) is 12.4. The Hall–Kier alpha value is -0.720. The van der Waals surface area contributed by atoms with Crippen LogP contribution in [0.5, 0.6) is 0 Å². The summed E-state index contributed by atoms with van der Waals surface area (Å²) >= 11 is 1.29. The Morgan fingerprint density at radius 3 is 2.67 bits per heavy atom. The Kier molecular flexibility index (Phi) is 4.93. The zero-order chi connectivity index (χ0) is 11.3. The second kappa shape index (κ2) is 5.99. The van der Waals surface area contributed by atoms with Crippen molar-refractivity contribution in [2.45, 2.75) is 39.3 Å². The van der Waals surface area contributed by atoms with Gasteiger partial charge in [0.15, 0.2) is 0 Å². The molecular weight excluding hydrogens is 210 g/mol. The molecule has 86 valence electrons. The van der Waals surface area contributed by atoms with Gasteiger partial charge in [0.05, 0.1) is 0 Å². The summed E-state index contributed by atoms with van der Waals surface area (Å²) in [5, 5.41) is 4.92. The number of rotatable bonds is 6. The van der Waals surface area contributed by atoms with Gasteiger partial charge in [0.1, 0.15) is 10.7 Å². The summed E-state index contributed by atoms with van der Waals surface area (Å²) in [7, 11) is 2.11. The van der Waals surface area contributed by atoms with Gasteiger partial charge in [-0.05, 0) is 19.9 Å². The van der Waals surface area contributed by atoms with Crippen molar-refractivity contribution in [2.75, 3.05) is 12.5 Å². The van der Waals surface area contributed by atoms with Gasteiger partial charge in [-0.1, -0.05) is 18.3 Å². The van der Waals surface area contributed by atoms with Gasteiger partial charge in [-0.15, -0.1) is 5.10 Å². The lowest BCUT2D eigenvalue weighted by molar-refractivity contribution is 0.219. The number of nitrogens with zero attached hydrogens (tertiary/aromatic N) is 3. The maximum Gasteiger partial charge on any atom is 0.148 e. The van der Waals surface area contributed by atoms with Crippen molar-refractivity contribution in [1.82, 2.24) is 14.5 Å². The molecule has 15 heavy (non-hydrogen) atoms. The molecular formula is C9H19N5S. The number of hydrogen-bond acceptors (Lipinski definition) is 6. The van der Waals surface area contributed by atoms with Gasteiger partial charge in [-0.2, -0.15) is 0 Å². The van der Waals surface area contributed by atoms with Crippen LogP contribution in [0.15, 0.2) is 0 Å². The Bertz CT molecular complexity index is 284. The summed E-state index contributed by atoms with van der Waals surface area (Å²) in [6, 6.07) is 0.595. The van der Waals surface area contributed by atoms with Gasteiger partial charge >= 0.3 is 0 Å². The first-order chi connectivity index (χ1) is 7.22. The minimum atomic E-state index is 0.595. The van der Waals surface area contributed by atoms with Crippen molar-refractivity contribution in [3.8, 4) is 0 Å². The fourth-order valence-corrected chi connectivity index (χ4v) is 2.18. The molecule has 0 unspecified atom stereocenters. The summed E-state index contributed by atoms with van der Waals surface area (Å²) < 4.78 is 3.88. The molecule has 0 spiro atoms. The van der Waals surface area contributed by atoms with Crippen molar-refractivity contribution in [3.05, 3.63) is 5.69 Å². The van der Waals surface area contributed by atoms with Crippen LogP contribution in [0.4, 0.5) is 5.00 Å². The number of nitrogens with one attached hydrogen (secondary N) is 1. The van der Waals surface area contributed by atoms with Gasteiger partial charge < -0.3 is 5.43 Å². The molecule has 0 atom stereocenters. The van der Waals surface area contributed by atoms with E-state index in [0.717, 1.165) is 30.1 Å². The van der Waals surface area contributed by atoms with E-state index in [9.17, 15) is 0 Å². The number of nitrogen functional groups attached to an aromatic ring is 1. The van der Waals surface area contributed by atoms with Crippen molar-refractivity contribution < 1.29 is 0 Å². The Morgan fingerprint density at radius 1 is 1.47 bits per heavy atom. The highest BCUT2D eigenvalue weighted by atomic mass is 32.1. The molecule has 0 fully saturated rings. The maximum absolute atomic E-state index is 5.37. The van der Waals surface area contributed by atoms with E-state index in [0.29, 0.717) is 6.04 Å². The number of anilines is 1. The number of hydrogen-bond donors (Lipinski definition) is 2. The lowest BCUT2D eigenvalue weighted by Gasteiger charge is -2.25. The maximum atomic E-state index is 5.37. The van der Waals surface area contributed by atoms with Crippen LogP contribution < -0.4 is 11.3 Å². The smallest absolute Gasteiger partial charge is 0.148 e. The Morgan fingerprint density at radius 2 is 2.13 bits per heavy atom. The number of aromatic nitrogens is 2. The van der Waals surface area contributed by atoms with Gasteiger partial charge in [0.25, 0.3) is 0 Å². The molecule has 5 nitrogen and oxygen atoms in total. The van der Waals surface area contributed by atoms with Gasteiger partial charge in [-0.3, -0.25) is 4.90 Å². The zero-order valence-corrected chi connectivity index (χ0v) is 10.3. The summed E-state index contributed by atoms with van der Waals surface area (Å²) in [4.78, 5) is 2.29. The highest BCUT2D eigenvalue weighted by Crippen LogP contribution is 2.19. The molecule has 1 aromatic rings. The van der Waals surface area contributed by atoms with Crippen LogP contribution in [0, 0.1) is 0 Å². The standard InChI is InChI=1S/C9H19N5S/c1-4-7(5-2)14(3)6-8-9(11-10)15-13-12-8/h7,11H,4-6,10H2,1-3H3. The second-order valence-corrected chi connectivity index (χ2v) is 4.33. The predicted molar refractivity (Wildman–Crippen MR) is 63.6 cm³/mol. The predicted octanol–water partition coefficient (Wildman–Crippen LogP) is 1.44. The summed E-state index contributed by atoms with van der Waals surface area (Å²) in [5.74, 6) is 5.37. The van der Waals surface area contributed by atoms with Crippen LogP contribution in [-0.4, -0.2) is 27.6 Å². The lowest BCUT2D eigenvalue weighted by Crippen LogP contribution is -2.30. The first-order valence-corrected chi connectivity index (χ1v) is 5.98. The van der Waals surface area contributed by atoms with Crippen molar-refractivity contribution in [2.24, 2.45) is 5.84 Å². The summed E-state index contributed by atoms with van der Waals surface area (Å²) in [6.45, 7) is 5.19. The highest BCUT2D eigenvalue weighted by Gasteiger charge is 2.14. The van der Waals surface area contributed by atoms with E-state index in [1.807, 2.05) is 0 Å². The average Bonchev–Trinajstić information content (AvgIpc) is 2.67. The van der Waals surface area contributed by atoms with E-state index in [4.69, 9.17) is 5.84 Å². The molecule has 3 N–H and O–H groups in total. The Balaban J connectivity index is 2.60. The Labute approximate surface area is 94.8 Å². The van der Waals surface area contributed by atoms with E-state index < -0.39 is 0 Å². The van der Waals surface area contributed by atoms with E-state index in [1.54, 1.807) is 0 Å². The molecule has 0 aliphatic carbocycles. The van der Waals surface area contributed by atoms with Crippen LogP contribution in [0.1, 0.15) is 32.4 Å². The molecule has 0 saturated heterocycles. The molecule has 0 amide bonds. The fourth-order valence-electron chi connectivity index (χ4n) is 1.70. The van der Waals surface area contributed by atoms with E-state index in [2.05, 4.69) is 40.8 Å². The molecule has 0 radical (unpaired) electrons. The zero-order valence-electron chi connectivity index (χ0n) is 9.53.